The number of fused-ring (bicyclic) bond motifs is 1. The van der Waals surface area contributed by atoms with Gasteiger partial charge >= 0.3 is 5.69 Å². The molecule has 0 bridgehead atoms. The molecule has 0 aliphatic rings. The van der Waals surface area contributed by atoms with E-state index in [1.807, 2.05) is 66.5 Å². The van der Waals surface area contributed by atoms with Crippen molar-refractivity contribution >= 4 is 11.2 Å². The van der Waals surface area contributed by atoms with Gasteiger partial charge in [-0.05, 0) is 24.7 Å². The second-order valence-electron chi connectivity index (χ2n) is 8.76. The van der Waals surface area contributed by atoms with Gasteiger partial charge in [-0.2, -0.15) is 0 Å². The average Bonchev–Trinajstić information content (AvgIpc) is 3.32. The van der Waals surface area contributed by atoms with E-state index in [1.165, 1.54) is 11.6 Å². The van der Waals surface area contributed by atoms with E-state index in [2.05, 4.69) is 4.98 Å². The largest absolute Gasteiger partial charge is 0.487 e. The number of para-hydroxylation sites is 2. The van der Waals surface area contributed by atoms with E-state index in [9.17, 15) is 14.7 Å². The maximum Gasteiger partial charge on any atom is 0.332 e. The lowest BCUT2D eigenvalue weighted by molar-refractivity contribution is 0.0739. The van der Waals surface area contributed by atoms with E-state index >= 15 is 0 Å². The van der Waals surface area contributed by atoms with Crippen molar-refractivity contribution in [1.82, 2.24) is 23.6 Å². The van der Waals surface area contributed by atoms with Crippen molar-refractivity contribution in [2.24, 2.45) is 14.1 Å². The first-order valence-electron chi connectivity index (χ1n) is 11.7. The molecule has 0 fully saturated rings. The van der Waals surface area contributed by atoms with Crippen LogP contribution in [0.3, 0.4) is 0 Å². The van der Waals surface area contributed by atoms with E-state index < -0.39 is 11.8 Å². The van der Waals surface area contributed by atoms with Crippen molar-refractivity contribution in [3.63, 3.8) is 0 Å². The predicted molar refractivity (Wildman–Crippen MR) is 136 cm³/mol. The summed E-state index contributed by atoms with van der Waals surface area (Å²) in [6, 6.07) is 17.3. The molecule has 1 N–H and O–H groups in total. The lowest BCUT2D eigenvalue weighted by atomic mass is 10.2. The van der Waals surface area contributed by atoms with Crippen LogP contribution in [0.15, 0.2) is 70.5 Å². The van der Waals surface area contributed by atoms with Gasteiger partial charge in [0.15, 0.2) is 22.7 Å². The monoisotopic (exact) mass is 493 g/mol. The summed E-state index contributed by atoms with van der Waals surface area (Å²) in [6.07, 6.45) is 0.830. The van der Waals surface area contributed by atoms with Crippen LogP contribution >= 0.6 is 0 Å². The van der Waals surface area contributed by atoms with Gasteiger partial charge in [-0.25, -0.2) is 9.78 Å². The smallest absolute Gasteiger partial charge is 0.332 e. The minimum absolute atomic E-state index is 0.104. The molecule has 36 heavy (non-hydrogen) atoms. The average molecular weight is 494 g/mol. The van der Waals surface area contributed by atoms with Crippen LogP contribution in [0.5, 0.6) is 11.5 Å². The van der Waals surface area contributed by atoms with Crippen molar-refractivity contribution in [2.45, 2.75) is 19.3 Å². The van der Waals surface area contributed by atoms with Gasteiger partial charge in [0.1, 0.15) is 19.3 Å². The number of rotatable bonds is 11. The Kier molecular flexibility index (Phi) is 7.87. The van der Waals surface area contributed by atoms with Crippen LogP contribution in [0.4, 0.5) is 0 Å². The molecular formula is C26H31N5O5. The van der Waals surface area contributed by atoms with Crippen LogP contribution in [-0.4, -0.2) is 61.5 Å². The molecule has 0 aliphatic carbocycles. The van der Waals surface area contributed by atoms with E-state index in [-0.39, 0.29) is 12.2 Å². The lowest BCUT2D eigenvalue weighted by Gasteiger charge is -2.21. The molecule has 1 unspecified atom stereocenters. The number of imidazole rings is 1. The number of ether oxygens (including phenoxy) is 2. The van der Waals surface area contributed by atoms with Gasteiger partial charge in [-0.15, -0.1) is 0 Å². The third kappa shape index (κ3) is 5.67. The highest BCUT2D eigenvalue weighted by atomic mass is 16.5. The topological polar surface area (TPSA) is 104 Å². The first-order valence-corrected chi connectivity index (χ1v) is 11.7. The number of aryl methyl sites for hydroxylation is 1. The van der Waals surface area contributed by atoms with Crippen LogP contribution < -0.4 is 20.7 Å². The van der Waals surface area contributed by atoms with Crippen LogP contribution in [0, 0.1) is 0 Å². The van der Waals surface area contributed by atoms with E-state index in [0.29, 0.717) is 48.9 Å². The summed E-state index contributed by atoms with van der Waals surface area (Å²) < 4.78 is 15.9. The summed E-state index contributed by atoms with van der Waals surface area (Å²) in [5, 5.41) is 10.5. The first-order chi connectivity index (χ1) is 17.3. The van der Waals surface area contributed by atoms with Gasteiger partial charge < -0.3 is 24.0 Å². The van der Waals surface area contributed by atoms with Gasteiger partial charge in [0.25, 0.3) is 5.56 Å². The Morgan fingerprint density at radius 2 is 1.64 bits per heavy atom. The standard InChI is InChI=1S/C26H31N5O5/c1-28(13-14-31-18-27-24-23(31)25(33)30(3)26(34)29(24)2)15-20(32)17-36-22-12-8-7-11-21(22)35-16-19-9-5-4-6-10-19/h4-12,18,20,32H,13-17H2,1-3H3. The van der Waals surface area contributed by atoms with Gasteiger partial charge in [0.2, 0.25) is 0 Å². The summed E-state index contributed by atoms with van der Waals surface area (Å²) in [5.41, 5.74) is 0.996. The number of nitrogens with zero attached hydrogens (tertiary/aromatic N) is 5. The second kappa shape index (κ2) is 11.2. The molecule has 190 valence electrons. The molecule has 0 saturated heterocycles. The quantitative estimate of drug-likeness (QED) is 0.337. The Morgan fingerprint density at radius 1 is 0.972 bits per heavy atom. The summed E-state index contributed by atoms with van der Waals surface area (Å²) in [7, 11) is 4.93. The fourth-order valence-corrected chi connectivity index (χ4v) is 3.96. The molecule has 10 heteroatoms. The normalized spacial score (nSPS) is 12.2. The molecule has 0 spiro atoms. The maximum atomic E-state index is 12.6. The van der Waals surface area contributed by atoms with Crippen molar-refractivity contribution in [3.05, 3.63) is 87.3 Å². The van der Waals surface area contributed by atoms with Crippen molar-refractivity contribution in [1.29, 1.82) is 0 Å². The van der Waals surface area contributed by atoms with Crippen LogP contribution in [0.25, 0.3) is 11.2 Å². The number of likely N-dealkylation sites (N-methyl/N-ethyl adjacent to an activating group) is 1. The predicted octanol–water partition coefficient (Wildman–Crippen LogP) is 1.38. The molecule has 2 aromatic carbocycles. The number of hydrogen-bond acceptors (Lipinski definition) is 7. The number of hydrogen-bond donors (Lipinski definition) is 1. The fourth-order valence-electron chi connectivity index (χ4n) is 3.96. The summed E-state index contributed by atoms with van der Waals surface area (Å²) in [4.78, 5) is 30.9. The zero-order valence-electron chi connectivity index (χ0n) is 20.7. The van der Waals surface area contributed by atoms with Gasteiger partial charge in [-0.3, -0.25) is 13.9 Å². The van der Waals surface area contributed by atoms with E-state index in [0.717, 1.165) is 10.1 Å². The Hall–Kier alpha value is -3.89. The molecule has 2 heterocycles. The fraction of sp³-hybridized carbons (Fsp3) is 0.346. The number of aromatic nitrogens is 4. The summed E-state index contributed by atoms with van der Waals surface area (Å²) in [5.74, 6) is 1.19. The van der Waals surface area contributed by atoms with E-state index in [4.69, 9.17) is 9.47 Å². The van der Waals surface area contributed by atoms with E-state index in [1.54, 1.807) is 17.9 Å². The Bertz CT molecular complexity index is 1430. The molecule has 4 aromatic rings. The number of benzene rings is 2. The molecule has 1 atom stereocenters. The maximum absolute atomic E-state index is 12.6. The van der Waals surface area contributed by atoms with Gasteiger partial charge in [0.05, 0.1) is 6.33 Å². The SMILES string of the molecule is CN(CCn1cnc2c1c(=O)n(C)c(=O)n2C)CC(O)COc1ccccc1OCc1ccccc1. The highest BCUT2D eigenvalue weighted by Gasteiger charge is 2.16. The molecule has 0 radical (unpaired) electrons. The third-order valence-corrected chi connectivity index (χ3v) is 5.98. The molecule has 4 rings (SSSR count). The lowest BCUT2D eigenvalue weighted by Crippen LogP contribution is -2.38. The van der Waals surface area contributed by atoms with Crippen molar-refractivity contribution < 1.29 is 14.6 Å². The van der Waals surface area contributed by atoms with Gasteiger partial charge in [0, 0.05) is 33.7 Å². The minimum Gasteiger partial charge on any atom is -0.487 e. The highest BCUT2D eigenvalue weighted by molar-refractivity contribution is 5.69. The summed E-state index contributed by atoms with van der Waals surface area (Å²) >= 11 is 0. The molecule has 10 nitrogen and oxygen atoms in total. The second-order valence-corrected chi connectivity index (χ2v) is 8.76. The third-order valence-electron chi connectivity index (χ3n) is 5.98. The Labute approximate surface area is 208 Å². The Morgan fingerprint density at radius 3 is 2.36 bits per heavy atom. The molecular weight excluding hydrogens is 462 g/mol. The minimum atomic E-state index is -0.731. The van der Waals surface area contributed by atoms with Crippen molar-refractivity contribution in [2.75, 3.05) is 26.7 Å². The zero-order chi connectivity index (χ0) is 25.7. The van der Waals surface area contributed by atoms with Crippen molar-refractivity contribution in [3.8, 4) is 11.5 Å². The van der Waals surface area contributed by atoms with Crippen LogP contribution in [-0.2, 0) is 27.2 Å². The number of aliphatic hydroxyl groups excluding tert-OH is 1. The van der Waals surface area contributed by atoms with Gasteiger partial charge in [-0.1, -0.05) is 42.5 Å². The number of aliphatic hydroxyl groups is 1. The van der Waals surface area contributed by atoms with Crippen LogP contribution in [0.1, 0.15) is 5.56 Å². The molecule has 2 aromatic heterocycles. The molecule has 0 saturated carbocycles. The Balaban J connectivity index is 1.30. The first kappa shape index (κ1) is 25.2. The summed E-state index contributed by atoms with van der Waals surface area (Å²) in [6.45, 7) is 1.94. The van der Waals surface area contributed by atoms with Crippen LogP contribution in [0.2, 0.25) is 0 Å². The highest BCUT2D eigenvalue weighted by Crippen LogP contribution is 2.27. The zero-order valence-corrected chi connectivity index (χ0v) is 20.7. The molecule has 0 aliphatic heterocycles. The molecule has 0 amide bonds.